The lowest BCUT2D eigenvalue weighted by Gasteiger charge is -2.27. The summed E-state index contributed by atoms with van der Waals surface area (Å²) in [6.07, 6.45) is -11.6. The number of aliphatic hydroxyl groups excluding tert-OH is 10. The second kappa shape index (κ2) is 18.4. The highest BCUT2D eigenvalue weighted by Crippen LogP contribution is 2.05. The summed E-state index contributed by atoms with van der Waals surface area (Å²) in [5.74, 6) is -1.44. The lowest BCUT2D eigenvalue weighted by atomic mass is 10.0. The van der Waals surface area contributed by atoms with Gasteiger partial charge in [-0.25, -0.2) is 0 Å². The third-order valence-corrected chi connectivity index (χ3v) is 5.18. The summed E-state index contributed by atoms with van der Waals surface area (Å²) in [6.45, 7) is -1.84. The number of nitrogens with one attached hydrogen (secondary N) is 2. The van der Waals surface area contributed by atoms with Gasteiger partial charge in [-0.05, 0) is 0 Å². The van der Waals surface area contributed by atoms with Crippen LogP contribution in [0.4, 0.5) is 0 Å². The highest BCUT2D eigenvalue weighted by Gasteiger charge is 2.30. The van der Waals surface area contributed by atoms with Gasteiger partial charge in [0.25, 0.3) is 0 Å². The third-order valence-electron chi connectivity index (χ3n) is 5.18. The van der Waals surface area contributed by atoms with Crippen molar-refractivity contribution in [3.05, 3.63) is 12.2 Å². The number of carbonyl (C=O) groups is 2. The minimum atomic E-state index is -1.78. The molecule has 0 saturated carbocycles. The third kappa shape index (κ3) is 12.9. The molecule has 16 nitrogen and oxygen atoms in total. The van der Waals surface area contributed by atoms with Gasteiger partial charge in [0.05, 0.1) is 25.4 Å². The zero-order valence-corrected chi connectivity index (χ0v) is 19.7. The molecule has 0 saturated heterocycles. The number of nitrogens with zero attached hydrogens (tertiary/aromatic N) is 1. The Bertz CT molecular complexity index is 622. The number of hydrogen-bond donors (Lipinski definition) is 13. The van der Waals surface area contributed by atoms with Gasteiger partial charge in [-0.3, -0.25) is 9.59 Å². The number of hydrogen-bond acceptors (Lipinski definition) is 14. The van der Waals surface area contributed by atoms with E-state index >= 15 is 0 Å². The summed E-state index contributed by atoms with van der Waals surface area (Å²) in [4.78, 5) is 24.5. The van der Waals surface area contributed by atoms with Gasteiger partial charge in [-0.15, -0.1) is 0 Å². The van der Waals surface area contributed by atoms with E-state index in [1.54, 1.807) is 0 Å². The first kappa shape index (κ1) is 34.2. The fraction of sp³-hybridized carbons (Fsp3) is 0.800. The second-order valence-electron chi connectivity index (χ2n) is 8.07. The van der Waals surface area contributed by atoms with Crippen LogP contribution in [0.1, 0.15) is 0 Å². The first-order valence-electron chi connectivity index (χ1n) is 11.2. The highest BCUT2D eigenvalue weighted by molar-refractivity contribution is 5.96. The van der Waals surface area contributed by atoms with E-state index in [1.165, 1.54) is 4.90 Å². The van der Waals surface area contributed by atoms with Crippen LogP contribution in [0.15, 0.2) is 12.2 Å². The van der Waals surface area contributed by atoms with E-state index in [2.05, 4.69) is 10.6 Å². The van der Waals surface area contributed by atoms with Gasteiger partial charge in [-0.1, -0.05) is 0 Å². The van der Waals surface area contributed by atoms with Crippen molar-refractivity contribution in [2.24, 2.45) is 5.73 Å². The molecule has 0 aromatic carbocycles. The SMILES string of the molecule is NC(=O)/C=C\C(=O)N(CCNC[C@H](O)[C@@H](O)[C@H](O)[C@H](O)CO)CCNC[C@H](O)[C@@H](O)[C@H](O)[C@H](O)CO. The Morgan fingerprint density at radius 1 is 0.667 bits per heavy atom. The summed E-state index contributed by atoms with van der Waals surface area (Å²) in [5.41, 5.74) is 4.99. The molecule has 0 aliphatic heterocycles. The lowest BCUT2D eigenvalue weighted by Crippen LogP contribution is -2.50. The number of primary amides is 1. The summed E-state index contributed by atoms with van der Waals surface area (Å²) >= 11 is 0. The Labute approximate surface area is 207 Å². The molecule has 0 aromatic rings. The molecule has 0 unspecified atom stereocenters. The van der Waals surface area contributed by atoms with Crippen LogP contribution in [0, 0.1) is 0 Å². The Kier molecular flexibility index (Phi) is 17.5. The highest BCUT2D eigenvalue weighted by atomic mass is 16.4. The summed E-state index contributed by atoms with van der Waals surface area (Å²) in [6, 6.07) is 0. The molecule has 14 N–H and O–H groups in total. The molecule has 0 rings (SSSR count). The Hall–Kier alpha value is -1.80. The van der Waals surface area contributed by atoms with E-state index in [4.69, 9.17) is 15.9 Å². The molecule has 8 atom stereocenters. The molecular formula is C20H40N4O12. The van der Waals surface area contributed by atoms with Crippen molar-refractivity contribution < 1.29 is 60.7 Å². The topological polar surface area (TPSA) is 290 Å². The monoisotopic (exact) mass is 528 g/mol. The standard InChI is InChI=1S/C20H40N4O12/c21-15(31)1-2-16(32)24(5-3-22-7-11(27)17(33)19(35)13(29)9-25)6-4-23-8-12(28)18(34)20(36)14(30)10-26/h1-2,11-14,17-20,22-23,25-30,33-36H,3-10H2,(H2,21,31)/b2-1-/t11-,12-,13+,14+,17+,18+,19+,20+/m0/s1. The van der Waals surface area contributed by atoms with E-state index < -0.39 is 73.9 Å². The maximum atomic E-state index is 12.3. The van der Waals surface area contributed by atoms with Crippen molar-refractivity contribution in [1.29, 1.82) is 0 Å². The Balaban J connectivity index is 4.73. The number of amides is 2. The van der Waals surface area contributed by atoms with Crippen LogP contribution in [0.3, 0.4) is 0 Å². The zero-order valence-electron chi connectivity index (χ0n) is 19.7. The van der Waals surface area contributed by atoms with Gasteiger partial charge < -0.3 is 72.3 Å². The van der Waals surface area contributed by atoms with Gasteiger partial charge in [0.15, 0.2) is 0 Å². The predicted octanol–water partition coefficient (Wildman–Crippen LogP) is -8.09. The van der Waals surface area contributed by atoms with E-state index in [9.17, 15) is 50.4 Å². The lowest BCUT2D eigenvalue weighted by molar-refractivity contribution is -0.126. The van der Waals surface area contributed by atoms with Gasteiger partial charge in [-0.2, -0.15) is 0 Å². The molecule has 0 spiro atoms. The smallest absolute Gasteiger partial charge is 0.246 e. The Morgan fingerprint density at radius 3 is 1.36 bits per heavy atom. The molecule has 212 valence electrons. The first-order chi connectivity index (χ1) is 16.9. The molecule has 0 aliphatic carbocycles. The minimum absolute atomic E-state index is 0.0425. The number of carbonyl (C=O) groups excluding carboxylic acids is 2. The molecule has 2 amide bonds. The molecule has 0 fully saturated rings. The molecule has 36 heavy (non-hydrogen) atoms. The van der Waals surface area contributed by atoms with Crippen LogP contribution in [0.25, 0.3) is 0 Å². The summed E-state index contributed by atoms with van der Waals surface area (Å²) in [7, 11) is 0. The van der Waals surface area contributed by atoms with Crippen molar-refractivity contribution in [3.8, 4) is 0 Å². The number of aliphatic hydroxyl groups is 10. The van der Waals surface area contributed by atoms with Gasteiger partial charge >= 0.3 is 0 Å². The van der Waals surface area contributed by atoms with Crippen molar-refractivity contribution >= 4 is 11.8 Å². The van der Waals surface area contributed by atoms with E-state index in [0.29, 0.717) is 0 Å². The van der Waals surface area contributed by atoms with Crippen molar-refractivity contribution in [3.63, 3.8) is 0 Å². The first-order valence-corrected chi connectivity index (χ1v) is 11.2. The van der Waals surface area contributed by atoms with Gasteiger partial charge in [0, 0.05) is 51.4 Å². The predicted molar refractivity (Wildman–Crippen MR) is 123 cm³/mol. The average Bonchev–Trinajstić information content (AvgIpc) is 2.87. The van der Waals surface area contributed by atoms with E-state index in [0.717, 1.165) is 12.2 Å². The van der Waals surface area contributed by atoms with Gasteiger partial charge in [0.1, 0.15) is 36.6 Å². The minimum Gasteiger partial charge on any atom is -0.394 e. The van der Waals surface area contributed by atoms with E-state index in [1.807, 2.05) is 0 Å². The normalized spacial score (nSPS) is 18.7. The van der Waals surface area contributed by atoms with E-state index in [-0.39, 0.29) is 39.3 Å². The van der Waals surface area contributed by atoms with Crippen molar-refractivity contribution in [1.82, 2.24) is 15.5 Å². The molecule has 0 aliphatic rings. The molecule has 16 heteroatoms. The summed E-state index contributed by atoms with van der Waals surface area (Å²) < 4.78 is 0. The fourth-order valence-corrected chi connectivity index (χ4v) is 2.89. The van der Waals surface area contributed by atoms with Crippen LogP contribution in [-0.2, 0) is 9.59 Å². The molecule has 0 aromatic heterocycles. The second-order valence-corrected chi connectivity index (χ2v) is 8.07. The van der Waals surface area contributed by atoms with Crippen LogP contribution in [0.5, 0.6) is 0 Å². The Morgan fingerprint density at radius 2 is 1.03 bits per heavy atom. The van der Waals surface area contributed by atoms with Crippen molar-refractivity contribution in [2.45, 2.75) is 48.8 Å². The molecular weight excluding hydrogens is 488 g/mol. The van der Waals surface area contributed by atoms with Crippen LogP contribution in [0.2, 0.25) is 0 Å². The molecule has 0 bridgehead atoms. The number of nitrogens with two attached hydrogens (primary N) is 1. The van der Waals surface area contributed by atoms with Crippen molar-refractivity contribution in [2.75, 3.05) is 52.5 Å². The van der Waals surface area contributed by atoms with Crippen LogP contribution in [-0.4, -0.2) is 169 Å². The largest absolute Gasteiger partial charge is 0.394 e. The molecule has 0 radical (unpaired) electrons. The maximum absolute atomic E-state index is 12.3. The zero-order chi connectivity index (χ0) is 27.8. The van der Waals surface area contributed by atoms with Crippen LogP contribution < -0.4 is 16.4 Å². The fourth-order valence-electron chi connectivity index (χ4n) is 2.89. The van der Waals surface area contributed by atoms with Crippen LogP contribution >= 0.6 is 0 Å². The quantitative estimate of drug-likeness (QED) is 0.0516. The maximum Gasteiger partial charge on any atom is 0.246 e. The summed E-state index contributed by atoms with van der Waals surface area (Å²) in [5, 5.41) is 100. The number of rotatable bonds is 20. The molecule has 0 heterocycles. The average molecular weight is 529 g/mol. The van der Waals surface area contributed by atoms with Gasteiger partial charge in [0.2, 0.25) is 11.8 Å².